The molecule has 3 rings (SSSR count). The van der Waals surface area contributed by atoms with Crippen LogP contribution in [-0.4, -0.2) is 53.7 Å². The van der Waals surface area contributed by atoms with Crippen molar-refractivity contribution in [2.24, 2.45) is 0 Å². The molecule has 1 unspecified atom stereocenters. The molecule has 2 aromatic rings. The summed E-state index contributed by atoms with van der Waals surface area (Å²) in [4.78, 5) is 23.4. The molecular formula is C18H22N2O6S. The lowest BCUT2D eigenvalue weighted by molar-refractivity contribution is -0.137. The zero-order valence-corrected chi connectivity index (χ0v) is 15.7. The van der Waals surface area contributed by atoms with Gasteiger partial charge in [-0.2, -0.15) is 0 Å². The molecule has 1 amide bonds. The molecule has 1 aromatic carbocycles. The van der Waals surface area contributed by atoms with E-state index in [-0.39, 0.29) is 6.54 Å². The Kier molecular flexibility index (Phi) is 5.52. The molecule has 0 spiro atoms. The van der Waals surface area contributed by atoms with Gasteiger partial charge in [-0.05, 0) is 44.0 Å². The number of hydrogen-bond acceptors (Lipinski definition) is 5. The number of nitrogens with one attached hydrogen (secondary N) is 1. The van der Waals surface area contributed by atoms with Gasteiger partial charge in [-0.3, -0.25) is 9.59 Å². The van der Waals surface area contributed by atoms with Gasteiger partial charge in [0, 0.05) is 36.0 Å². The molecule has 1 atom stereocenters. The number of hydrogen-bond donors (Lipinski definition) is 2. The number of nitrogens with zero attached hydrogens (tertiary/aromatic N) is 1. The molecule has 0 aliphatic carbocycles. The lowest BCUT2D eigenvalue weighted by Crippen LogP contribution is -2.41. The first-order chi connectivity index (χ1) is 12.8. The number of aromatic nitrogens is 1. The number of carboxylic acids is 1. The predicted octanol–water partition coefficient (Wildman–Crippen LogP) is 1.65. The summed E-state index contributed by atoms with van der Waals surface area (Å²) >= 11 is 0. The third-order valence-corrected chi connectivity index (χ3v) is 7.44. The lowest BCUT2D eigenvalue weighted by Gasteiger charge is -2.25. The van der Waals surface area contributed by atoms with Gasteiger partial charge >= 0.3 is 5.97 Å². The van der Waals surface area contributed by atoms with E-state index in [9.17, 15) is 18.0 Å². The highest BCUT2D eigenvalue weighted by Crippen LogP contribution is 2.23. The van der Waals surface area contributed by atoms with Crippen LogP contribution < -0.4 is 5.32 Å². The van der Waals surface area contributed by atoms with Gasteiger partial charge in [0.15, 0.2) is 9.84 Å². The Morgan fingerprint density at radius 2 is 2.00 bits per heavy atom. The van der Waals surface area contributed by atoms with Crippen molar-refractivity contribution < 1.29 is 27.9 Å². The lowest BCUT2D eigenvalue weighted by atomic mass is 10.2. The van der Waals surface area contributed by atoms with Crippen LogP contribution in [-0.2, 0) is 30.7 Å². The minimum Gasteiger partial charge on any atom is -0.480 e. The molecule has 1 aliphatic rings. The number of ether oxygens (including phenoxy) is 1. The zero-order valence-electron chi connectivity index (χ0n) is 14.9. The Morgan fingerprint density at radius 3 is 2.67 bits per heavy atom. The van der Waals surface area contributed by atoms with Crippen molar-refractivity contribution in [1.29, 1.82) is 0 Å². The number of aliphatic carboxylic acids is 1. The smallest absolute Gasteiger partial charge is 0.323 e. The van der Waals surface area contributed by atoms with E-state index in [2.05, 4.69) is 5.32 Å². The quantitative estimate of drug-likeness (QED) is 0.770. The Hall–Kier alpha value is -2.39. The van der Waals surface area contributed by atoms with E-state index in [1.807, 2.05) is 0 Å². The average molecular weight is 394 g/mol. The van der Waals surface area contributed by atoms with E-state index in [0.717, 1.165) is 10.9 Å². The molecule has 1 aliphatic heterocycles. The Morgan fingerprint density at radius 1 is 1.30 bits per heavy atom. The number of sulfone groups is 1. The normalized spacial score (nSPS) is 16.9. The largest absolute Gasteiger partial charge is 0.480 e. The van der Waals surface area contributed by atoms with Crippen molar-refractivity contribution in [2.75, 3.05) is 18.5 Å². The van der Waals surface area contributed by atoms with E-state index < -0.39 is 32.2 Å². The Bertz CT molecular complexity index is 959. The average Bonchev–Trinajstić information content (AvgIpc) is 3.03. The second-order valence-electron chi connectivity index (χ2n) is 6.64. The minimum atomic E-state index is -3.59. The molecule has 0 bridgehead atoms. The molecule has 146 valence electrons. The maximum atomic E-state index is 12.7. The van der Waals surface area contributed by atoms with Gasteiger partial charge in [0.2, 0.25) is 5.91 Å². The number of carboxylic acid groups (broad SMARTS) is 1. The Labute approximate surface area is 157 Å². The first-order valence-electron chi connectivity index (χ1n) is 8.71. The number of rotatable bonds is 6. The van der Waals surface area contributed by atoms with E-state index in [0.29, 0.717) is 31.7 Å². The number of anilines is 1. The minimum absolute atomic E-state index is 0.157. The van der Waals surface area contributed by atoms with Gasteiger partial charge in [-0.25, -0.2) is 8.42 Å². The fourth-order valence-electron chi connectivity index (χ4n) is 3.25. The molecule has 8 nitrogen and oxygen atoms in total. The van der Waals surface area contributed by atoms with Crippen molar-refractivity contribution >= 4 is 38.3 Å². The molecule has 0 saturated carbocycles. The van der Waals surface area contributed by atoms with Crippen molar-refractivity contribution in [3.05, 3.63) is 30.5 Å². The number of fused-ring (bicyclic) bond motifs is 1. The van der Waals surface area contributed by atoms with Gasteiger partial charge in [0.05, 0.1) is 5.25 Å². The third-order valence-electron chi connectivity index (χ3n) is 4.84. The van der Waals surface area contributed by atoms with Gasteiger partial charge < -0.3 is 19.7 Å². The summed E-state index contributed by atoms with van der Waals surface area (Å²) < 4.78 is 32.1. The highest BCUT2D eigenvalue weighted by Gasteiger charge is 2.36. The molecule has 1 saturated heterocycles. The van der Waals surface area contributed by atoms with Crippen LogP contribution in [0.2, 0.25) is 0 Å². The molecular weight excluding hydrogens is 372 g/mol. The van der Waals surface area contributed by atoms with Crippen LogP contribution in [0.5, 0.6) is 0 Å². The topological polar surface area (TPSA) is 115 Å². The summed E-state index contributed by atoms with van der Waals surface area (Å²) in [5.41, 5.74) is 1.19. The maximum absolute atomic E-state index is 12.7. The fraction of sp³-hybridized carbons (Fsp3) is 0.444. The zero-order chi connectivity index (χ0) is 19.6. The summed E-state index contributed by atoms with van der Waals surface area (Å²) in [7, 11) is -3.59. The van der Waals surface area contributed by atoms with Gasteiger partial charge in [0.25, 0.3) is 0 Å². The van der Waals surface area contributed by atoms with Gasteiger partial charge in [-0.1, -0.05) is 0 Å². The number of carbonyl (C=O) groups excluding carboxylic acids is 1. The van der Waals surface area contributed by atoms with Gasteiger partial charge in [0.1, 0.15) is 11.8 Å². The fourth-order valence-corrected chi connectivity index (χ4v) is 5.03. The Balaban J connectivity index is 1.74. The van der Waals surface area contributed by atoms with Crippen molar-refractivity contribution in [3.8, 4) is 0 Å². The summed E-state index contributed by atoms with van der Waals surface area (Å²) in [5, 5.41) is 10.6. The second kappa shape index (κ2) is 7.69. The van der Waals surface area contributed by atoms with E-state index >= 15 is 0 Å². The molecule has 2 heterocycles. The molecule has 9 heteroatoms. The van der Waals surface area contributed by atoms with Crippen LogP contribution >= 0.6 is 0 Å². The van der Waals surface area contributed by atoms with E-state index in [4.69, 9.17) is 9.84 Å². The van der Waals surface area contributed by atoms with Crippen molar-refractivity contribution in [2.45, 2.75) is 36.8 Å². The summed E-state index contributed by atoms with van der Waals surface area (Å²) in [6, 6.07) is 6.77. The number of carbonyl (C=O) groups is 2. The SMILES string of the molecule is CC(C(=O)Nc1ccc2c(ccn2CC(=O)O)c1)S(=O)(=O)C1CCOCC1. The molecule has 27 heavy (non-hydrogen) atoms. The number of amides is 1. The highest BCUT2D eigenvalue weighted by atomic mass is 32.2. The molecule has 1 fully saturated rings. The molecule has 0 radical (unpaired) electrons. The summed E-state index contributed by atoms with van der Waals surface area (Å²) in [6.07, 6.45) is 2.47. The van der Waals surface area contributed by atoms with Crippen molar-refractivity contribution in [3.63, 3.8) is 0 Å². The first kappa shape index (κ1) is 19.4. The second-order valence-corrected chi connectivity index (χ2v) is 9.20. The van der Waals surface area contributed by atoms with Gasteiger partial charge in [-0.15, -0.1) is 0 Å². The maximum Gasteiger partial charge on any atom is 0.323 e. The predicted molar refractivity (Wildman–Crippen MR) is 100 cm³/mol. The number of benzene rings is 1. The standard InChI is InChI=1S/C18H22N2O6S/c1-12(27(24,25)15-5-8-26-9-6-15)18(23)19-14-2-3-16-13(10-14)4-7-20(16)11-17(21)22/h2-4,7,10,12,15H,5-6,8-9,11H2,1H3,(H,19,23)(H,21,22). The van der Waals surface area contributed by atoms with Crippen LogP contribution in [0.3, 0.4) is 0 Å². The van der Waals surface area contributed by atoms with E-state index in [1.165, 1.54) is 6.92 Å². The summed E-state index contributed by atoms with van der Waals surface area (Å²) in [6.45, 7) is 2.03. The first-order valence-corrected chi connectivity index (χ1v) is 10.3. The van der Waals surface area contributed by atoms with Crippen LogP contribution in [0.25, 0.3) is 10.9 Å². The summed E-state index contributed by atoms with van der Waals surface area (Å²) in [5.74, 6) is -1.53. The third kappa shape index (κ3) is 4.14. The molecule has 2 N–H and O–H groups in total. The highest BCUT2D eigenvalue weighted by molar-refractivity contribution is 7.93. The monoisotopic (exact) mass is 394 g/mol. The van der Waals surface area contributed by atoms with Crippen molar-refractivity contribution in [1.82, 2.24) is 4.57 Å². The van der Waals surface area contributed by atoms with E-state index in [1.54, 1.807) is 35.0 Å². The van der Waals surface area contributed by atoms with Crippen LogP contribution in [0.1, 0.15) is 19.8 Å². The molecule has 1 aromatic heterocycles. The van der Waals surface area contributed by atoms with Crippen LogP contribution in [0.4, 0.5) is 5.69 Å². The van der Waals surface area contributed by atoms with Crippen LogP contribution in [0.15, 0.2) is 30.5 Å². The van der Waals surface area contributed by atoms with Crippen LogP contribution in [0, 0.1) is 0 Å².